The zero-order chi connectivity index (χ0) is 12.3. The van der Waals surface area contributed by atoms with E-state index in [1.807, 2.05) is 0 Å². The number of nitrogens with zero attached hydrogens (tertiary/aromatic N) is 3. The number of aromatic nitrogens is 2. The van der Waals surface area contributed by atoms with Gasteiger partial charge in [0.1, 0.15) is 11.9 Å². The number of hydrogen-bond acceptors (Lipinski definition) is 4. The van der Waals surface area contributed by atoms with Gasteiger partial charge in [0.05, 0.1) is 7.11 Å². The average Bonchev–Trinajstić information content (AvgIpc) is 2.79. The highest BCUT2D eigenvalue weighted by Gasteiger charge is 2.36. The quantitative estimate of drug-likeness (QED) is 0.696. The van der Waals surface area contributed by atoms with Crippen LogP contribution >= 0.6 is 0 Å². The van der Waals surface area contributed by atoms with Crippen molar-refractivity contribution in [2.45, 2.75) is 19.4 Å². The number of rotatable bonds is 2. The summed E-state index contributed by atoms with van der Waals surface area (Å²) >= 11 is 0. The summed E-state index contributed by atoms with van der Waals surface area (Å²) in [7, 11) is 2.83. The molecule has 0 unspecified atom stereocenters. The third-order valence-electron chi connectivity index (χ3n) is 2.54. The summed E-state index contributed by atoms with van der Waals surface area (Å²) in [6.45, 7) is 3.24. The Labute approximate surface area is 93.8 Å². The maximum atomic E-state index is 11.9. The second kappa shape index (κ2) is 4.34. The first kappa shape index (κ1) is 12.2. The number of likely N-dealkylation sites (N-methyl/N-ethyl adjacent to an activating group) is 1. The van der Waals surface area contributed by atoms with E-state index in [1.165, 1.54) is 35.3 Å². The molecule has 88 valence electrons. The van der Waals surface area contributed by atoms with Crippen molar-refractivity contribution in [3.8, 4) is 0 Å². The molecule has 0 aliphatic rings. The summed E-state index contributed by atoms with van der Waals surface area (Å²) < 4.78 is 5.94. The van der Waals surface area contributed by atoms with Crippen molar-refractivity contribution >= 4 is 12.0 Å². The number of ether oxygens (including phenoxy) is 1. The number of carbonyl (C=O) groups excluding carboxylic acids is 2. The number of esters is 1. The standard InChI is InChI=1S/C10H15N3O3/c1-10(2,8(14)16-4)12(3)9(15)13-6-5-11-7-13/h5-7H,1-4H3. The monoisotopic (exact) mass is 225 g/mol. The number of carbonyl (C=O) groups is 2. The smallest absolute Gasteiger partial charge is 0.331 e. The van der Waals surface area contributed by atoms with Crippen LogP contribution in [0.4, 0.5) is 4.79 Å². The van der Waals surface area contributed by atoms with Gasteiger partial charge in [0.15, 0.2) is 0 Å². The lowest BCUT2D eigenvalue weighted by Gasteiger charge is -2.32. The molecule has 0 saturated heterocycles. The van der Waals surface area contributed by atoms with Crippen molar-refractivity contribution in [2.75, 3.05) is 14.2 Å². The largest absolute Gasteiger partial charge is 0.467 e. The molecule has 16 heavy (non-hydrogen) atoms. The van der Waals surface area contributed by atoms with Crippen molar-refractivity contribution in [3.05, 3.63) is 18.7 Å². The van der Waals surface area contributed by atoms with Gasteiger partial charge in [0.2, 0.25) is 0 Å². The van der Waals surface area contributed by atoms with E-state index < -0.39 is 11.5 Å². The molecule has 0 N–H and O–H groups in total. The number of methoxy groups -OCH3 is 1. The molecule has 1 heterocycles. The SMILES string of the molecule is COC(=O)C(C)(C)N(C)C(=O)n1ccnc1. The van der Waals surface area contributed by atoms with Crippen molar-refractivity contribution < 1.29 is 14.3 Å². The number of hydrogen-bond donors (Lipinski definition) is 0. The fourth-order valence-corrected chi connectivity index (χ4v) is 1.17. The summed E-state index contributed by atoms with van der Waals surface area (Å²) in [5, 5.41) is 0. The molecule has 0 radical (unpaired) electrons. The van der Waals surface area contributed by atoms with E-state index in [4.69, 9.17) is 0 Å². The summed E-state index contributed by atoms with van der Waals surface area (Å²) in [6.07, 6.45) is 4.40. The summed E-state index contributed by atoms with van der Waals surface area (Å²) in [5.74, 6) is -0.469. The Morgan fingerprint density at radius 3 is 2.50 bits per heavy atom. The fraction of sp³-hybridized carbons (Fsp3) is 0.500. The van der Waals surface area contributed by atoms with E-state index in [1.54, 1.807) is 20.9 Å². The minimum absolute atomic E-state index is 0.340. The van der Waals surface area contributed by atoms with Crippen molar-refractivity contribution in [1.29, 1.82) is 0 Å². The first-order valence-corrected chi connectivity index (χ1v) is 4.75. The minimum atomic E-state index is -1.02. The minimum Gasteiger partial charge on any atom is -0.467 e. The second-order valence-corrected chi connectivity index (χ2v) is 3.86. The zero-order valence-electron chi connectivity index (χ0n) is 9.80. The Kier molecular flexibility index (Phi) is 3.31. The van der Waals surface area contributed by atoms with E-state index >= 15 is 0 Å². The van der Waals surface area contributed by atoms with Crippen LogP contribution in [-0.2, 0) is 9.53 Å². The molecule has 0 spiro atoms. The van der Waals surface area contributed by atoms with Gasteiger partial charge in [-0.25, -0.2) is 14.6 Å². The van der Waals surface area contributed by atoms with Crippen LogP contribution in [-0.4, -0.2) is 46.1 Å². The van der Waals surface area contributed by atoms with Gasteiger partial charge in [-0.05, 0) is 13.8 Å². The molecule has 0 aromatic carbocycles. The third kappa shape index (κ3) is 2.05. The topological polar surface area (TPSA) is 64.4 Å². The van der Waals surface area contributed by atoms with Crippen LogP contribution in [0.3, 0.4) is 0 Å². The average molecular weight is 225 g/mol. The van der Waals surface area contributed by atoms with Crippen molar-refractivity contribution in [2.24, 2.45) is 0 Å². The molecule has 0 saturated carbocycles. The molecule has 0 aliphatic carbocycles. The molecule has 0 fully saturated rings. The van der Waals surface area contributed by atoms with E-state index in [9.17, 15) is 9.59 Å². The van der Waals surface area contributed by atoms with Gasteiger partial charge in [-0.1, -0.05) is 0 Å². The van der Waals surface area contributed by atoms with Crippen LogP contribution in [0.1, 0.15) is 13.8 Å². The molecule has 1 amide bonds. The highest BCUT2D eigenvalue weighted by atomic mass is 16.5. The summed E-state index contributed by atoms with van der Waals surface area (Å²) in [4.78, 5) is 28.5. The fourth-order valence-electron chi connectivity index (χ4n) is 1.17. The Morgan fingerprint density at radius 2 is 2.06 bits per heavy atom. The summed E-state index contributed by atoms with van der Waals surface area (Å²) in [6, 6.07) is -0.340. The zero-order valence-corrected chi connectivity index (χ0v) is 9.80. The highest BCUT2D eigenvalue weighted by Crippen LogP contribution is 2.15. The molecule has 6 heteroatoms. The van der Waals surface area contributed by atoms with Gasteiger partial charge in [-0.3, -0.25) is 4.57 Å². The van der Waals surface area contributed by atoms with Gasteiger partial charge in [-0.15, -0.1) is 0 Å². The van der Waals surface area contributed by atoms with Crippen LogP contribution in [0.25, 0.3) is 0 Å². The molecular weight excluding hydrogens is 210 g/mol. The molecule has 6 nitrogen and oxygen atoms in total. The highest BCUT2D eigenvalue weighted by molar-refractivity contribution is 5.87. The van der Waals surface area contributed by atoms with Gasteiger partial charge >= 0.3 is 12.0 Å². The van der Waals surface area contributed by atoms with Crippen molar-refractivity contribution in [3.63, 3.8) is 0 Å². The Morgan fingerprint density at radius 1 is 1.44 bits per heavy atom. The molecule has 0 bridgehead atoms. The van der Waals surface area contributed by atoms with Gasteiger partial charge in [0.25, 0.3) is 0 Å². The second-order valence-electron chi connectivity index (χ2n) is 3.86. The van der Waals surface area contributed by atoms with Crippen LogP contribution in [0, 0.1) is 0 Å². The molecule has 0 aliphatic heterocycles. The van der Waals surface area contributed by atoms with Gasteiger partial charge in [0, 0.05) is 19.4 Å². The molecular formula is C10H15N3O3. The maximum Gasteiger partial charge on any atom is 0.331 e. The van der Waals surface area contributed by atoms with E-state index in [0.29, 0.717) is 0 Å². The van der Waals surface area contributed by atoms with E-state index in [2.05, 4.69) is 9.72 Å². The Balaban J connectivity index is 2.90. The molecule has 0 atom stereocenters. The van der Waals surface area contributed by atoms with Crippen LogP contribution in [0.15, 0.2) is 18.7 Å². The molecule has 1 aromatic heterocycles. The van der Waals surface area contributed by atoms with Crippen LogP contribution in [0.5, 0.6) is 0 Å². The van der Waals surface area contributed by atoms with E-state index in [0.717, 1.165) is 0 Å². The number of amides is 1. The van der Waals surface area contributed by atoms with Crippen LogP contribution in [0.2, 0.25) is 0 Å². The Bertz CT molecular complexity index is 384. The van der Waals surface area contributed by atoms with E-state index in [-0.39, 0.29) is 6.03 Å². The molecule has 1 aromatic rings. The van der Waals surface area contributed by atoms with Crippen molar-refractivity contribution in [1.82, 2.24) is 14.5 Å². The Hall–Kier alpha value is -1.85. The third-order valence-corrected chi connectivity index (χ3v) is 2.54. The lowest BCUT2D eigenvalue weighted by atomic mass is 10.0. The maximum absolute atomic E-state index is 11.9. The predicted molar refractivity (Wildman–Crippen MR) is 56.9 cm³/mol. The number of imidazole rings is 1. The lowest BCUT2D eigenvalue weighted by molar-refractivity contribution is -0.150. The van der Waals surface area contributed by atoms with Gasteiger partial charge in [-0.2, -0.15) is 0 Å². The predicted octanol–water partition coefficient (Wildman–Crippen LogP) is 0.735. The van der Waals surface area contributed by atoms with Gasteiger partial charge < -0.3 is 9.64 Å². The summed E-state index contributed by atoms with van der Waals surface area (Å²) in [5.41, 5.74) is -1.02. The lowest BCUT2D eigenvalue weighted by Crippen LogP contribution is -2.52. The van der Waals surface area contributed by atoms with Crippen LogP contribution < -0.4 is 0 Å². The first-order chi connectivity index (χ1) is 7.41. The normalized spacial score (nSPS) is 11.0. The molecule has 1 rings (SSSR count). The first-order valence-electron chi connectivity index (χ1n) is 4.75.